The molecule has 0 unspecified atom stereocenters. The van der Waals surface area contributed by atoms with E-state index >= 15 is 0 Å². The molecule has 1 aromatic heterocycles. The maximum Gasteiger partial charge on any atom is 0.335 e. The summed E-state index contributed by atoms with van der Waals surface area (Å²) in [6.45, 7) is 3.90. The van der Waals surface area contributed by atoms with Crippen LogP contribution < -0.4 is 0 Å². The van der Waals surface area contributed by atoms with Crippen LogP contribution in [-0.2, 0) is 14.3 Å². The van der Waals surface area contributed by atoms with E-state index in [1.807, 2.05) is 11.8 Å². The molecule has 0 saturated carbocycles. The zero-order valence-corrected chi connectivity index (χ0v) is 13.8. The van der Waals surface area contributed by atoms with Crippen LogP contribution in [0.25, 0.3) is 0 Å². The van der Waals surface area contributed by atoms with Crippen LogP contribution in [0, 0.1) is 6.92 Å². The summed E-state index contributed by atoms with van der Waals surface area (Å²) in [5.74, 6) is -0.361. The number of thiazole rings is 1. The minimum atomic E-state index is -0.567. The molecule has 0 radical (unpaired) electrons. The van der Waals surface area contributed by atoms with Gasteiger partial charge in [-0.3, -0.25) is 4.79 Å². The second-order valence-electron chi connectivity index (χ2n) is 5.90. The van der Waals surface area contributed by atoms with Crippen molar-refractivity contribution in [3.8, 4) is 0 Å². The molecule has 0 bridgehead atoms. The van der Waals surface area contributed by atoms with Gasteiger partial charge in [0.15, 0.2) is 6.10 Å². The predicted molar refractivity (Wildman–Crippen MR) is 80.8 cm³/mol. The summed E-state index contributed by atoms with van der Waals surface area (Å²) in [6.07, 6.45) is 1.59. The van der Waals surface area contributed by atoms with Crippen molar-refractivity contribution < 1.29 is 19.1 Å². The van der Waals surface area contributed by atoms with E-state index in [1.54, 1.807) is 5.51 Å². The molecule has 2 aliphatic heterocycles. The number of hydrogen-bond acceptors (Lipinski definition) is 6. The summed E-state index contributed by atoms with van der Waals surface area (Å²) in [7, 11) is 1.36. The number of aromatic nitrogens is 1. The van der Waals surface area contributed by atoms with Gasteiger partial charge in [-0.2, -0.15) is 0 Å². The Hall–Kier alpha value is -1.47. The Bertz CT molecular complexity index is 588. The molecule has 1 amide bonds. The molecule has 6 nitrogen and oxygen atoms in total. The summed E-state index contributed by atoms with van der Waals surface area (Å²) < 4.78 is 10.6. The first kappa shape index (κ1) is 15.4. The second-order valence-corrected chi connectivity index (χ2v) is 6.75. The minimum absolute atomic E-state index is 0.00341. The first-order valence-corrected chi connectivity index (χ1v) is 8.37. The minimum Gasteiger partial charge on any atom is -0.467 e. The Morgan fingerprint density at radius 2 is 2.23 bits per heavy atom. The molecule has 2 aliphatic rings. The highest BCUT2D eigenvalue weighted by Gasteiger charge is 2.48. The molecule has 3 heterocycles. The molecule has 7 heteroatoms. The van der Waals surface area contributed by atoms with Crippen molar-refractivity contribution in [2.24, 2.45) is 0 Å². The third-order valence-corrected chi connectivity index (χ3v) is 5.48. The highest BCUT2D eigenvalue weighted by molar-refractivity contribution is 7.11. The maximum absolute atomic E-state index is 12.9. The fourth-order valence-corrected chi connectivity index (χ4v) is 4.16. The number of carbonyl (C=O) groups is 2. The van der Waals surface area contributed by atoms with Crippen molar-refractivity contribution in [2.45, 2.75) is 57.4 Å². The predicted octanol–water partition coefficient (Wildman–Crippen LogP) is 1.78. The van der Waals surface area contributed by atoms with Gasteiger partial charge in [-0.25, -0.2) is 9.78 Å². The summed E-state index contributed by atoms with van der Waals surface area (Å²) in [4.78, 5) is 31.4. The second kappa shape index (κ2) is 5.96. The Morgan fingerprint density at radius 1 is 1.45 bits per heavy atom. The quantitative estimate of drug-likeness (QED) is 0.776. The van der Waals surface area contributed by atoms with Crippen LogP contribution >= 0.6 is 11.3 Å². The molecule has 0 spiro atoms. The highest BCUT2D eigenvalue weighted by atomic mass is 32.1. The number of ether oxygens (including phenoxy) is 2. The lowest BCUT2D eigenvalue weighted by molar-refractivity contribution is -0.153. The summed E-state index contributed by atoms with van der Waals surface area (Å²) in [6, 6.07) is 0.0668. The van der Waals surface area contributed by atoms with E-state index in [0.717, 1.165) is 18.5 Å². The van der Waals surface area contributed by atoms with Gasteiger partial charge in [0.1, 0.15) is 4.88 Å². The smallest absolute Gasteiger partial charge is 0.335 e. The first-order valence-electron chi connectivity index (χ1n) is 7.49. The van der Waals surface area contributed by atoms with Gasteiger partial charge in [0.05, 0.1) is 30.5 Å². The van der Waals surface area contributed by atoms with Gasteiger partial charge in [-0.1, -0.05) is 0 Å². The van der Waals surface area contributed by atoms with Crippen molar-refractivity contribution >= 4 is 23.2 Å². The monoisotopic (exact) mass is 324 g/mol. The molecule has 3 rings (SSSR count). The number of amides is 1. The molecule has 1 aromatic rings. The van der Waals surface area contributed by atoms with Crippen LogP contribution in [0.4, 0.5) is 0 Å². The topological polar surface area (TPSA) is 68.7 Å². The maximum atomic E-state index is 12.9. The van der Waals surface area contributed by atoms with E-state index in [9.17, 15) is 9.59 Å². The number of methoxy groups -OCH3 is 1. The average molecular weight is 324 g/mol. The number of piperidine rings is 1. The van der Waals surface area contributed by atoms with Crippen molar-refractivity contribution in [2.75, 3.05) is 7.11 Å². The zero-order chi connectivity index (χ0) is 15.9. The van der Waals surface area contributed by atoms with Gasteiger partial charge in [0, 0.05) is 12.5 Å². The molecule has 0 aromatic carbocycles. The molecule has 120 valence electrons. The number of nitrogens with zero attached hydrogens (tertiary/aromatic N) is 2. The lowest BCUT2D eigenvalue weighted by atomic mass is 9.92. The number of hydrogen-bond donors (Lipinski definition) is 0. The third kappa shape index (κ3) is 2.52. The van der Waals surface area contributed by atoms with Crippen molar-refractivity contribution in [1.29, 1.82) is 0 Å². The van der Waals surface area contributed by atoms with E-state index in [1.165, 1.54) is 18.4 Å². The normalized spacial score (nSPS) is 31.0. The molecule has 22 heavy (non-hydrogen) atoms. The van der Waals surface area contributed by atoms with Crippen LogP contribution in [-0.4, -0.2) is 53.2 Å². The van der Waals surface area contributed by atoms with Gasteiger partial charge in [-0.05, 0) is 26.7 Å². The van der Waals surface area contributed by atoms with Crippen molar-refractivity contribution in [1.82, 2.24) is 9.88 Å². The molecular weight excluding hydrogens is 304 g/mol. The van der Waals surface area contributed by atoms with Crippen LogP contribution in [0.1, 0.15) is 41.6 Å². The number of esters is 1. The fraction of sp³-hybridized carbons (Fsp3) is 0.667. The van der Waals surface area contributed by atoms with Crippen LogP contribution in [0.3, 0.4) is 0 Å². The van der Waals surface area contributed by atoms with Crippen LogP contribution in [0.15, 0.2) is 5.51 Å². The standard InChI is InChI=1S/C15H20N2O4S/c1-8-4-5-11-10(6-12(21-11)15(19)20-3)17(8)14(18)13-9(2)16-7-22-13/h7-8,10-12H,4-6H2,1-3H3/t8-,10+,11+,12-/m0/s1. The Morgan fingerprint density at radius 3 is 2.86 bits per heavy atom. The molecule has 2 saturated heterocycles. The molecular formula is C15H20N2O4S. The Kier molecular flexibility index (Phi) is 4.18. The summed E-state index contributed by atoms with van der Waals surface area (Å²) >= 11 is 1.36. The molecule has 0 N–H and O–H groups in total. The van der Waals surface area contributed by atoms with E-state index in [-0.39, 0.29) is 30.1 Å². The van der Waals surface area contributed by atoms with E-state index in [0.29, 0.717) is 11.3 Å². The van der Waals surface area contributed by atoms with E-state index in [4.69, 9.17) is 9.47 Å². The van der Waals surface area contributed by atoms with Crippen molar-refractivity contribution in [3.05, 3.63) is 16.1 Å². The number of carbonyl (C=O) groups excluding carboxylic acids is 2. The van der Waals surface area contributed by atoms with Gasteiger partial charge >= 0.3 is 5.97 Å². The van der Waals surface area contributed by atoms with Crippen molar-refractivity contribution in [3.63, 3.8) is 0 Å². The number of likely N-dealkylation sites (tertiary alicyclic amines) is 1. The third-order valence-electron chi connectivity index (χ3n) is 4.56. The first-order chi connectivity index (χ1) is 10.5. The molecule has 2 fully saturated rings. The molecule has 0 aliphatic carbocycles. The summed E-state index contributed by atoms with van der Waals surface area (Å²) in [5, 5.41) is 0. The average Bonchev–Trinajstić information content (AvgIpc) is 3.11. The fourth-order valence-electron chi connectivity index (χ4n) is 3.41. The highest BCUT2D eigenvalue weighted by Crippen LogP contribution is 2.36. The Balaban J connectivity index is 1.84. The lowest BCUT2D eigenvalue weighted by Crippen LogP contribution is -2.53. The molecule has 4 atom stereocenters. The van der Waals surface area contributed by atoms with Gasteiger partial charge < -0.3 is 14.4 Å². The number of aryl methyl sites for hydroxylation is 1. The number of fused-ring (bicyclic) bond motifs is 1. The van der Waals surface area contributed by atoms with Gasteiger partial charge in [0.25, 0.3) is 5.91 Å². The van der Waals surface area contributed by atoms with Gasteiger partial charge in [0.2, 0.25) is 0 Å². The zero-order valence-electron chi connectivity index (χ0n) is 12.9. The van der Waals surface area contributed by atoms with E-state index in [2.05, 4.69) is 11.9 Å². The Labute approximate surface area is 133 Å². The van der Waals surface area contributed by atoms with Gasteiger partial charge in [-0.15, -0.1) is 11.3 Å². The largest absolute Gasteiger partial charge is 0.467 e. The van der Waals surface area contributed by atoms with Crippen LogP contribution in [0.2, 0.25) is 0 Å². The number of rotatable bonds is 2. The summed E-state index contributed by atoms with van der Waals surface area (Å²) in [5.41, 5.74) is 2.45. The lowest BCUT2D eigenvalue weighted by Gasteiger charge is -2.41. The van der Waals surface area contributed by atoms with Crippen LogP contribution in [0.5, 0.6) is 0 Å². The van der Waals surface area contributed by atoms with E-state index < -0.39 is 6.10 Å². The SMILES string of the molecule is COC(=O)[C@@H]1C[C@@H]2[C@@H](CC[C@H](C)N2C(=O)c2scnc2C)O1.